The summed E-state index contributed by atoms with van der Waals surface area (Å²) in [6.07, 6.45) is 6.52. The van der Waals surface area contributed by atoms with Crippen LogP contribution in [0.1, 0.15) is 42.5 Å². The van der Waals surface area contributed by atoms with E-state index in [4.69, 9.17) is 14.5 Å². The van der Waals surface area contributed by atoms with Crippen molar-refractivity contribution >= 4 is 21.8 Å². The highest BCUT2D eigenvalue weighted by Gasteiger charge is 2.24. The number of hydrogen-bond acceptors (Lipinski definition) is 9. The molecule has 2 aromatic rings. The van der Waals surface area contributed by atoms with Crippen molar-refractivity contribution in [3.63, 3.8) is 0 Å². The third-order valence-corrected chi connectivity index (χ3v) is 6.24. The van der Waals surface area contributed by atoms with Gasteiger partial charge in [0.05, 0.1) is 5.75 Å². The van der Waals surface area contributed by atoms with Crippen molar-refractivity contribution in [1.82, 2.24) is 20.5 Å². The molecule has 0 unspecified atom stereocenters. The van der Waals surface area contributed by atoms with E-state index in [0.29, 0.717) is 23.9 Å². The lowest BCUT2D eigenvalue weighted by Crippen LogP contribution is -2.34. The number of benzene rings is 1. The summed E-state index contributed by atoms with van der Waals surface area (Å²) in [6.45, 7) is 2.71. The highest BCUT2D eigenvalue weighted by molar-refractivity contribution is 7.90. The van der Waals surface area contributed by atoms with E-state index in [-0.39, 0.29) is 18.3 Å². The van der Waals surface area contributed by atoms with Gasteiger partial charge in [0.1, 0.15) is 15.6 Å². The van der Waals surface area contributed by atoms with Crippen LogP contribution in [-0.4, -0.2) is 66.2 Å². The minimum Gasteiger partial charge on any atom is -0.484 e. The molecule has 10 nitrogen and oxygen atoms in total. The number of ether oxygens (including phenoxy) is 1. The highest BCUT2D eigenvalue weighted by Crippen LogP contribution is 2.26. The Morgan fingerprint density at radius 1 is 1.31 bits per heavy atom. The van der Waals surface area contributed by atoms with Crippen LogP contribution in [0, 0.1) is 0 Å². The van der Waals surface area contributed by atoms with Crippen molar-refractivity contribution in [2.45, 2.75) is 31.8 Å². The van der Waals surface area contributed by atoms with Crippen LogP contribution < -0.4 is 10.2 Å². The van der Waals surface area contributed by atoms with E-state index in [1.54, 1.807) is 30.3 Å². The van der Waals surface area contributed by atoms with Gasteiger partial charge in [-0.25, -0.2) is 13.9 Å². The lowest BCUT2D eigenvalue weighted by Gasteiger charge is -2.30. The molecule has 11 heteroatoms. The molecule has 1 aromatic carbocycles. The van der Waals surface area contributed by atoms with Crippen molar-refractivity contribution in [3.05, 3.63) is 47.6 Å². The maximum absolute atomic E-state index is 11.3. The number of piperidine rings is 1. The van der Waals surface area contributed by atoms with Crippen LogP contribution in [0.4, 0.5) is 0 Å². The van der Waals surface area contributed by atoms with Gasteiger partial charge in [-0.2, -0.15) is 4.98 Å². The van der Waals surface area contributed by atoms with E-state index in [1.165, 1.54) is 17.8 Å². The van der Waals surface area contributed by atoms with Crippen LogP contribution in [-0.2, 0) is 21.2 Å². The summed E-state index contributed by atoms with van der Waals surface area (Å²) in [5.74, 6) is 1.55. The molecular formula is C21H28N4O6S. The fraction of sp³-hybridized carbons (Fsp3) is 0.476. The molecule has 1 aliphatic rings. The standard InChI is InChI=1S/C21H28N4O6S/c1-32(28,29)14-2-11-25-12-9-17(10-13-25)21-22-20(31-24-21)15-30-18-6-3-16(4-7-18)5-8-19(26)23-27/h3-8,17,27H,2,9-15H2,1H3,(H,23,26)/b8-5+. The molecule has 1 aromatic heterocycles. The Bertz CT molecular complexity index is 1010. The van der Waals surface area contributed by atoms with Gasteiger partial charge >= 0.3 is 0 Å². The summed E-state index contributed by atoms with van der Waals surface area (Å²) in [7, 11) is -2.91. The van der Waals surface area contributed by atoms with Gasteiger partial charge < -0.3 is 14.2 Å². The molecule has 1 amide bonds. The number of nitrogens with one attached hydrogen (secondary N) is 1. The minimum absolute atomic E-state index is 0.152. The average molecular weight is 465 g/mol. The maximum atomic E-state index is 11.3. The first-order valence-electron chi connectivity index (χ1n) is 10.4. The number of nitrogens with zero attached hydrogens (tertiary/aromatic N) is 3. The molecule has 3 rings (SSSR count). The van der Waals surface area contributed by atoms with E-state index < -0.39 is 15.7 Å². The van der Waals surface area contributed by atoms with Gasteiger partial charge in [0.15, 0.2) is 12.4 Å². The van der Waals surface area contributed by atoms with Crippen LogP contribution in [0.25, 0.3) is 6.08 Å². The number of hydrogen-bond donors (Lipinski definition) is 2. The largest absolute Gasteiger partial charge is 0.484 e. The minimum atomic E-state index is -2.91. The summed E-state index contributed by atoms with van der Waals surface area (Å²) in [5, 5.41) is 12.6. The smallest absolute Gasteiger partial charge is 0.267 e. The Morgan fingerprint density at radius 2 is 2.03 bits per heavy atom. The predicted octanol–water partition coefficient (Wildman–Crippen LogP) is 1.78. The van der Waals surface area contributed by atoms with Crippen molar-refractivity contribution < 1.29 is 27.7 Å². The van der Waals surface area contributed by atoms with Crippen molar-refractivity contribution in [3.8, 4) is 5.75 Å². The van der Waals surface area contributed by atoms with E-state index in [9.17, 15) is 13.2 Å². The second kappa shape index (κ2) is 11.2. The van der Waals surface area contributed by atoms with Crippen LogP contribution in [0.3, 0.4) is 0 Å². The third kappa shape index (κ3) is 7.74. The van der Waals surface area contributed by atoms with E-state index in [1.807, 2.05) is 0 Å². The SMILES string of the molecule is CS(=O)(=O)CCCN1CCC(c2noc(COc3ccc(/C=C/C(=O)NO)cc3)n2)CC1. The number of rotatable bonds is 10. The van der Waals surface area contributed by atoms with Gasteiger partial charge in [-0.05, 0) is 62.7 Å². The topological polar surface area (TPSA) is 135 Å². The predicted molar refractivity (Wildman–Crippen MR) is 117 cm³/mol. The number of carbonyl (C=O) groups excluding carboxylic acids is 1. The molecule has 0 radical (unpaired) electrons. The molecule has 1 saturated heterocycles. The highest BCUT2D eigenvalue weighted by atomic mass is 32.2. The lowest BCUT2D eigenvalue weighted by atomic mass is 9.96. The Hall–Kier alpha value is -2.76. The Balaban J connectivity index is 1.42. The molecule has 2 heterocycles. The zero-order valence-electron chi connectivity index (χ0n) is 17.9. The molecule has 174 valence electrons. The van der Waals surface area contributed by atoms with Gasteiger partial charge in [0.2, 0.25) is 0 Å². The first-order valence-corrected chi connectivity index (χ1v) is 12.5. The number of carbonyl (C=O) groups is 1. The first kappa shape index (κ1) is 23.9. The first-order chi connectivity index (χ1) is 15.3. The summed E-state index contributed by atoms with van der Waals surface area (Å²) in [5.41, 5.74) is 2.31. The zero-order valence-corrected chi connectivity index (χ0v) is 18.8. The van der Waals surface area contributed by atoms with Gasteiger partial charge in [0, 0.05) is 18.2 Å². The number of hydroxylamine groups is 1. The van der Waals surface area contributed by atoms with E-state index >= 15 is 0 Å². The second-order valence-corrected chi connectivity index (χ2v) is 10.1. The third-order valence-electron chi connectivity index (χ3n) is 5.21. The van der Waals surface area contributed by atoms with Crippen LogP contribution >= 0.6 is 0 Å². The molecule has 0 atom stereocenters. The number of likely N-dealkylation sites (tertiary alicyclic amines) is 1. The van der Waals surface area contributed by atoms with Crippen molar-refractivity contribution in [1.29, 1.82) is 0 Å². The lowest BCUT2D eigenvalue weighted by molar-refractivity contribution is -0.124. The van der Waals surface area contributed by atoms with Crippen molar-refractivity contribution in [2.24, 2.45) is 0 Å². The van der Waals surface area contributed by atoms with E-state index in [0.717, 1.165) is 38.0 Å². The second-order valence-electron chi connectivity index (χ2n) is 7.81. The fourth-order valence-electron chi connectivity index (χ4n) is 3.49. The molecule has 0 aliphatic carbocycles. The molecular weight excluding hydrogens is 436 g/mol. The van der Waals surface area contributed by atoms with E-state index in [2.05, 4.69) is 15.0 Å². The Labute approximate surface area is 187 Å². The van der Waals surface area contributed by atoms with Gasteiger partial charge in [0.25, 0.3) is 11.8 Å². The monoisotopic (exact) mass is 464 g/mol. The molecule has 1 aliphatic heterocycles. The molecule has 0 saturated carbocycles. The van der Waals surface area contributed by atoms with Crippen LogP contribution in [0.5, 0.6) is 5.75 Å². The molecule has 1 fully saturated rings. The zero-order chi connectivity index (χ0) is 23.0. The van der Waals surface area contributed by atoms with Gasteiger partial charge in [-0.1, -0.05) is 17.3 Å². The van der Waals surface area contributed by atoms with Gasteiger partial charge in [-0.15, -0.1) is 0 Å². The quantitative estimate of drug-likeness (QED) is 0.306. The summed E-state index contributed by atoms with van der Waals surface area (Å²) >= 11 is 0. The normalized spacial score (nSPS) is 15.8. The Morgan fingerprint density at radius 3 is 2.69 bits per heavy atom. The molecule has 0 bridgehead atoms. The fourth-order valence-corrected chi connectivity index (χ4v) is 4.14. The average Bonchev–Trinajstić information content (AvgIpc) is 3.25. The Kier molecular flexibility index (Phi) is 8.37. The number of sulfone groups is 1. The molecule has 32 heavy (non-hydrogen) atoms. The van der Waals surface area contributed by atoms with Gasteiger partial charge in [-0.3, -0.25) is 10.0 Å². The van der Waals surface area contributed by atoms with Crippen molar-refractivity contribution in [2.75, 3.05) is 31.6 Å². The number of amides is 1. The molecule has 2 N–H and O–H groups in total. The summed E-state index contributed by atoms with van der Waals surface area (Å²) in [4.78, 5) is 17.7. The summed E-state index contributed by atoms with van der Waals surface area (Å²) < 4.78 is 33.5. The van der Waals surface area contributed by atoms with Crippen LogP contribution in [0.2, 0.25) is 0 Å². The van der Waals surface area contributed by atoms with Crippen LogP contribution in [0.15, 0.2) is 34.9 Å². The number of aromatic nitrogens is 2. The molecule has 0 spiro atoms. The summed E-state index contributed by atoms with van der Waals surface area (Å²) in [6, 6.07) is 7.07. The maximum Gasteiger partial charge on any atom is 0.267 e.